The fourth-order valence-corrected chi connectivity index (χ4v) is 1.86. The normalized spacial score (nSPS) is 12.4. The Morgan fingerprint density at radius 1 is 1.41 bits per heavy atom. The van der Waals surface area contributed by atoms with Crippen molar-refractivity contribution >= 4 is 5.69 Å². The summed E-state index contributed by atoms with van der Waals surface area (Å²) >= 11 is 0. The molecular formula is C13H15FN2O. The zero-order valence-electron chi connectivity index (χ0n) is 9.64. The summed E-state index contributed by atoms with van der Waals surface area (Å²) in [5, 5.41) is 0. The van der Waals surface area contributed by atoms with Gasteiger partial charge in [0.1, 0.15) is 5.82 Å². The molecule has 0 bridgehead atoms. The second kappa shape index (κ2) is 5.01. The van der Waals surface area contributed by atoms with Crippen LogP contribution in [0.4, 0.5) is 10.1 Å². The van der Waals surface area contributed by atoms with Crippen LogP contribution in [0.15, 0.2) is 47.3 Å². The molecule has 1 aromatic carbocycles. The molecule has 17 heavy (non-hydrogen) atoms. The maximum Gasteiger partial charge on any atom is 0.125 e. The van der Waals surface area contributed by atoms with Crippen molar-refractivity contribution in [2.75, 3.05) is 18.5 Å². The molecule has 0 aliphatic heterocycles. The van der Waals surface area contributed by atoms with Gasteiger partial charge in [0.15, 0.2) is 0 Å². The highest BCUT2D eigenvalue weighted by Crippen LogP contribution is 2.25. The first-order valence-corrected chi connectivity index (χ1v) is 5.43. The summed E-state index contributed by atoms with van der Waals surface area (Å²) in [6, 6.07) is 8.30. The summed E-state index contributed by atoms with van der Waals surface area (Å²) in [4.78, 5) is 1.94. The molecule has 0 spiro atoms. The van der Waals surface area contributed by atoms with Crippen LogP contribution in [0.25, 0.3) is 0 Å². The molecule has 0 fully saturated rings. The van der Waals surface area contributed by atoms with Crippen LogP contribution in [0.1, 0.15) is 11.6 Å². The van der Waals surface area contributed by atoms with Crippen molar-refractivity contribution in [3.63, 3.8) is 0 Å². The van der Waals surface area contributed by atoms with Gasteiger partial charge in [-0.15, -0.1) is 0 Å². The maximum atomic E-state index is 13.2. The predicted octanol–water partition coefficient (Wildman–Crippen LogP) is 2.55. The van der Waals surface area contributed by atoms with E-state index in [0.717, 1.165) is 11.3 Å². The van der Waals surface area contributed by atoms with E-state index in [1.165, 1.54) is 12.1 Å². The lowest BCUT2D eigenvalue weighted by atomic mass is 10.1. The van der Waals surface area contributed by atoms with Crippen molar-refractivity contribution in [1.82, 2.24) is 0 Å². The number of rotatable bonds is 4. The first-order valence-electron chi connectivity index (χ1n) is 5.43. The Bertz CT molecular complexity index is 470. The number of hydrogen-bond acceptors (Lipinski definition) is 3. The zero-order chi connectivity index (χ0) is 12.3. The van der Waals surface area contributed by atoms with Gasteiger partial charge in [-0.3, -0.25) is 0 Å². The molecule has 4 heteroatoms. The number of nitrogens with two attached hydrogens (primary N) is 1. The van der Waals surface area contributed by atoms with E-state index in [9.17, 15) is 4.39 Å². The van der Waals surface area contributed by atoms with Crippen LogP contribution in [0.3, 0.4) is 0 Å². The van der Waals surface area contributed by atoms with Gasteiger partial charge in [-0.05, 0) is 24.3 Å². The Balaban J connectivity index is 2.26. The van der Waals surface area contributed by atoms with Crippen LogP contribution >= 0.6 is 0 Å². The Morgan fingerprint density at radius 2 is 2.24 bits per heavy atom. The topological polar surface area (TPSA) is 42.4 Å². The van der Waals surface area contributed by atoms with Crippen LogP contribution in [0, 0.1) is 5.82 Å². The molecule has 0 aliphatic carbocycles. The number of furan rings is 1. The van der Waals surface area contributed by atoms with Crippen LogP contribution in [0.2, 0.25) is 0 Å². The van der Waals surface area contributed by atoms with Gasteiger partial charge in [0.05, 0.1) is 18.6 Å². The fraction of sp³-hybridized carbons (Fsp3) is 0.231. The Morgan fingerprint density at radius 3 is 2.82 bits per heavy atom. The van der Waals surface area contributed by atoms with Crippen molar-refractivity contribution in [2.45, 2.75) is 6.04 Å². The average molecular weight is 234 g/mol. The second-order valence-corrected chi connectivity index (χ2v) is 3.90. The Labute approximate surface area is 99.6 Å². The Kier molecular flexibility index (Phi) is 3.44. The lowest BCUT2D eigenvalue weighted by molar-refractivity contribution is 0.556. The number of nitrogens with zero attached hydrogens (tertiary/aromatic N) is 1. The van der Waals surface area contributed by atoms with Gasteiger partial charge in [-0.1, -0.05) is 6.07 Å². The number of halogens is 1. The number of hydrogen-bond donors (Lipinski definition) is 1. The molecule has 0 saturated heterocycles. The van der Waals surface area contributed by atoms with Gasteiger partial charge < -0.3 is 15.1 Å². The lowest BCUT2D eigenvalue weighted by Crippen LogP contribution is -2.30. The van der Waals surface area contributed by atoms with Gasteiger partial charge in [0.25, 0.3) is 0 Å². The summed E-state index contributed by atoms with van der Waals surface area (Å²) < 4.78 is 18.2. The summed E-state index contributed by atoms with van der Waals surface area (Å²) in [5.41, 5.74) is 7.54. The largest absolute Gasteiger partial charge is 0.472 e. The SMILES string of the molecule is CN(c1cccc(F)c1)C(CN)c1ccoc1. The van der Waals surface area contributed by atoms with Gasteiger partial charge in [-0.25, -0.2) is 4.39 Å². The molecular weight excluding hydrogens is 219 g/mol. The maximum absolute atomic E-state index is 13.2. The fourth-order valence-electron chi connectivity index (χ4n) is 1.86. The standard InChI is InChI=1S/C13H15FN2O/c1-16(12-4-2-3-11(14)7-12)13(8-15)10-5-6-17-9-10/h2-7,9,13H,8,15H2,1H3. The third-order valence-electron chi connectivity index (χ3n) is 2.83. The van der Waals surface area contributed by atoms with Crippen molar-refractivity contribution in [3.05, 3.63) is 54.2 Å². The van der Waals surface area contributed by atoms with E-state index in [-0.39, 0.29) is 11.9 Å². The third kappa shape index (κ3) is 2.47. The predicted molar refractivity (Wildman–Crippen MR) is 65.3 cm³/mol. The van der Waals surface area contributed by atoms with Crippen LogP contribution < -0.4 is 10.6 Å². The van der Waals surface area contributed by atoms with Crippen molar-refractivity contribution in [2.24, 2.45) is 5.73 Å². The molecule has 0 saturated carbocycles. The average Bonchev–Trinajstić information content (AvgIpc) is 2.83. The molecule has 1 aromatic heterocycles. The number of benzene rings is 1. The number of likely N-dealkylation sites (N-methyl/N-ethyl adjacent to an activating group) is 1. The summed E-state index contributed by atoms with van der Waals surface area (Å²) in [6.45, 7) is 0.437. The van der Waals surface area contributed by atoms with E-state index in [0.29, 0.717) is 6.54 Å². The van der Waals surface area contributed by atoms with Gasteiger partial charge in [0.2, 0.25) is 0 Å². The van der Waals surface area contributed by atoms with E-state index < -0.39 is 0 Å². The molecule has 0 aliphatic rings. The summed E-state index contributed by atoms with van der Waals surface area (Å²) in [5.74, 6) is -0.252. The monoisotopic (exact) mass is 234 g/mol. The van der Waals surface area contributed by atoms with E-state index >= 15 is 0 Å². The molecule has 0 radical (unpaired) electrons. The molecule has 1 atom stereocenters. The molecule has 1 unspecified atom stereocenters. The smallest absolute Gasteiger partial charge is 0.125 e. The van der Waals surface area contributed by atoms with E-state index in [1.54, 1.807) is 18.6 Å². The highest BCUT2D eigenvalue weighted by atomic mass is 19.1. The van der Waals surface area contributed by atoms with Crippen molar-refractivity contribution < 1.29 is 8.81 Å². The molecule has 2 rings (SSSR count). The van der Waals surface area contributed by atoms with Crippen LogP contribution in [-0.4, -0.2) is 13.6 Å². The van der Waals surface area contributed by atoms with Crippen molar-refractivity contribution in [3.8, 4) is 0 Å². The van der Waals surface area contributed by atoms with Gasteiger partial charge >= 0.3 is 0 Å². The molecule has 2 aromatic rings. The second-order valence-electron chi connectivity index (χ2n) is 3.90. The summed E-state index contributed by atoms with van der Waals surface area (Å²) in [7, 11) is 1.89. The quantitative estimate of drug-likeness (QED) is 0.884. The number of anilines is 1. The minimum absolute atomic E-state index is 0.0180. The first kappa shape index (κ1) is 11.7. The zero-order valence-corrected chi connectivity index (χ0v) is 9.64. The minimum atomic E-state index is -0.252. The van der Waals surface area contributed by atoms with Gasteiger partial charge in [0, 0.05) is 24.8 Å². The molecule has 1 heterocycles. The lowest BCUT2D eigenvalue weighted by Gasteiger charge is -2.28. The van der Waals surface area contributed by atoms with Crippen LogP contribution in [-0.2, 0) is 0 Å². The minimum Gasteiger partial charge on any atom is -0.472 e. The third-order valence-corrected chi connectivity index (χ3v) is 2.83. The first-order chi connectivity index (χ1) is 8.22. The molecule has 2 N–H and O–H groups in total. The molecule has 3 nitrogen and oxygen atoms in total. The van der Waals surface area contributed by atoms with Gasteiger partial charge in [-0.2, -0.15) is 0 Å². The van der Waals surface area contributed by atoms with E-state index in [2.05, 4.69) is 0 Å². The Hall–Kier alpha value is -1.81. The molecule has 90 valence electrons. The van der Waals surface area contributed by atoms with Crippen LogP contribution in [0.5, 0.6) is 0 Å². The highest BCUT2D eigenvalue weighted by molar-refractivity contribution is 5.48. The van der Waals surface area contributed by atoms with E-state index in [4.69, 9.17) is 10.2 Å². The summed E-state index contributed by atoms with van der Waals surface area (Å²) in [6.07, 6.45) is 3.27. The molecule has 0 amide bonds. The highest BCUT2D eigenvalue weighted by Gasteiger charge is 2.17. The van der Waals surface area contributed by atoms with E-state index in [1.807, 2.05) is 24.1 Å². The van der Waals surface area contributed by atoms with Crippen molar-refractivity contribution in [1.29, 1.82) is 0 Å².